The lowest BCUT2D eigenvalue weighted by Crippen LogP contribution is -2.56. The third-order valence-electron chi connectivity index (χ3n) is 5.96. The van der Waals surface area contributed by atoms with Gasteiger partial charge in [0.15, 0.2) is 11.5 Å². The average molecular weight is 457 g/mol. The number of hydrogen-bond donors (Lipinski definition) is 4. The minimum absolute atomic E-state index is 0.00170. The van der Waals surface area contributed by atoms with Crippen LogP contribution >= 0.6 is 0 Å². The number of para-hydroxylation sites is 1. The zero-order valence-electron chi connectivity index (χ0n) is 19.3. The van der Waals surface area contributed by atoms with Crippen molar-refractivity contribution in [3.05, 3.63) is 41.7 Å². The molecule has 0 aromatic heterocycles. The van der Waals surface area contributed by atoms with Crippen LogP contribution in [0.3, 0.4) is 0 Å². The maximum atomic E-state index is 12.5. The minimum atomic E-state index is -0.844. The van der Waals surface area contributed by atoms with E-state index < -0.39 is 5.66 Å². The second-order valence-corrected chi connectivity index (χ2v) is 8.70. The smallest absolute Gasteiger partial charge is 0.254 e. The Hall–Kier alpha value is -3.20. The lowest BCUT2D eigenvalue weighted by atomic mass is 10.0. The Bertz CT molecular complexity index is 966. The molecule has 9 nitrogen and oxygen atoms in total. The van der Waals surface area contributed by atoms with Gasteiger partial charge in [0.1, 0.15) is 11.8 Å². The molecule has 1 saturated carbocycles. The molecule has 1 atom stereocenters. The number of amides is 2. The summed E-state index contributed by atoms with van der Waals surface area (Å²) in [5.74, 6) is 0.978. The van der Waals surface area contributed by atoms with Gasteiger partial charge < -0.3 is 35.5 Å². The van der Waals surface area contributed by atoms with Crippen LogP contribution in [0.4, 0.5) is 5.69 Å². The highest BCUT2D eigenvalue weighted by atomic mass is 16.5. The van der Waals surface area contributed by atoms with Gasteiger partial charge in [0, 0.05) is 32.0 Å². The Morgan fingerprint density at radius 1 is 1.18 bits per heavy atom. The standard InChI is InChI=1S/C24H32N4O5/c1-24(28-22(29)15-7-8-15)13-19(17(14-26-24)23(30)25-2)27-18-5-4-6-20(21(18)31-3)33-16-9-11-32-12-10-16/h4-6,13-16,26-27H,7-12H2,1-3H3,(H,25,30)(H,28,29). The van der Waals surface area contributed by atoms with E-state index in [1.165, 1.54) is 0 Å². The second kappa shape index (κ2) is 9.74. The van der Waals surface area contributed by atoms with Crippen LogP contribution in [0, 0.1) is 5.92 Å². The van der Waals surface area contributed by atoms with Crippen molar-refractivity contribution in [2.75, 3.05) is 32.7 Å². The van der Waals surface area contributed by atoms with Gasteiger partial charge in [-0.15, -0.1) is 0 Å². The number of carbonyl (C=O) groups is 2. The predicted molar refractivity (Wildman–Crippen MR) is 124 cm³/mol. The first-order valence-corrected chi connectivity index (χ1v) is 11.4. The average Bonchev–Trinajstić information content (AvgIpc) is 3.65. The molecule has 3 aliphatic rings. The zero-order chi connectivity index (χ0) is 23.4. The molecule has 2 heterocycles. The van der Waals surface area contributed by atoms with Gasteiger partial charge in [-0.1, -0.05) is 6.07 Å². The Morgan fingerprint density at radius 2 is 1.94 bits per heavy atom. The molecule has 178 valence electrons. The highest BCUT2D eigenvalue weighted by molar-refractivity contribution is 5.99. The molecule has 0 spiro atoms. The van der Waals surface area contributed by atoms with E-state index in [1.54, 1.807) is 20.4 Å². The normalized spacial score (nSPS) is 22.9. The van der Waals surface area contributed by atoms with E-state index in [0.717, 1.165) is 25.7 Å². The molecular weight excluding hydrogens is 424 g/mol. The SMILES string of the molecule is CNC(=O)C1=CNC(C)(NC(=O)C2CC2)C=C1Nc1cccc(OC2CCOCC2)c1OC. The van der Waals surface area contributed by atoms with E-state index in [4.69, 9.17) is 14.2 Å². The molecule has 4 rings (SSSR count). The molecule has 33 heavy (non-hydrogen) atoms. The van der Waals surface area contributed by atoms with Crippen LogP contribution in [-0.4, -0.2) is 51.0 Å². The molecule has 2 amide bonds. The molecular formula is C24H32N4O5. The predicted octanol–water partition coefficient (Wildman–Crippen LogP) is 2.02. The Labute approximate surface area is 193 Å². The summed E-state index contributed by atoms with van der Waals surface area (Å²) in [7, 11) is 3.16. The van der Waals surface area contributed by atoms with Crippen molar-refractivity contribution in [1.29, 1.82) is 0 Å². The fraction of sp³-hybridized carbons (Fsp3) is 0.500. The lowest BCUT2D eigenvalue weighted by Gasteiger charge is -2.34. The number of hydrogen-bond acceptors (Lipinski definition) is 7. The van der Waals surface area contributed by atoms with Gasteiger partial charge in [-0.25, -0.2) is 0 Å². The van der Waals surface area contributed by atoms with Crippen LogP contribution < -0.4 is 30.7 Å². The van der Waals surface area contributed by atoms with Gasteiger partial charge in [-0.05, 0) is 38.0 Å². The van der Waals surface area contributed by atoms with Gasteiger partial charge >= 0.3 is 0 Å². The highest BCUT2D eigenvalue weighted by Crippen LogP contribution is 2.38. The van der Waals surface area contributed by atoms with Gasteiger partial charge in [0.05, 0.1) is 37.3 Å². The van der Waals surface area contributed by atoms with Crippen molar-refractivity contribution in [2.24, 2.45) is 5.92 Å². The maximum absolute atomic E-state index is 12.5. The number of likely N-dealkylation sites (N-methyl/N-ethyl adjacent to an activating group) is 1. The van der Waals surface area contributed by atoms with Crippen LogP contribution in [0.5, 0.6) is 11.5 Å². The van der Waals surface area contributed by atoms with E-state index in [9.17, 15) is 9.59 Å². The number of rotatable bonds is 8. The topological polar surface area (TPSA) is 110 Å². The van der Waals surface area contributed by atoms with E-state index in [2.05, 4.69) is 21.3 Å². The molecule has 2 fully saturated rings. The van der Waals surface area contributed by atoms with Crippen molar-refractivity contribution in [3.8, 4) is 11.5 Å². The van der Waals surface area contributed by atoms with E-state index in [1.807, 2.05) is 31.2 Å². The van der Waals surface area contributed by atoms with Crippen molar-refractivity contribution in [3.63, 3.8) is 0 Å². The molecule has 9 heteroatoms. The number of ether oxygens (including phenoxy) is 3. The summed E-state index contributed by atoms with van der Waals surface area (Å²) in [5, 5.41) is 12.2. The molecule has 0 radical (unpaired) electrons. The molecule has 1 saturated heterocycles. The quantitative estimate of drug-likeness (QED) is 0.474. The van der Waals surface area contributed by atoms with Crippen LogP contribution in [0.2, 0.25) is 0 Å². The summed E-state index contributed by atoms with van der Waals surface area (Å²) in [6.07, 6.45) is 6.94. The highest BCUT2D eigenvalue weighted by Gasteiger charge is 2.36. The third kappa shape index (κ3) is 5.42. The Morgan fingerprint density at radius 3 is 2.61 bits per heavy atom. The molecule has 4 N–H and O–H groups in total. The number of methoxy groups -OCH3 is 1. The van der Waals surface area contributed by atoms with E-state index in [0.29, 0.717) is 41.7 Å². The fourth-order valence-electron chi connectivity index (χ4n) is 3.95. The van der Waals surface area contributed by atoms with Crippen LogP contribution in [0.1, 0.15) is 32.6 Å². The van der Waals surface area contributed by atoms with Crippen molar-refractivity contribution < 1.29 is 23.8 Å². The van der Waals surface area contributed by atoms with Gasteiger partial charge in [-0.3, -0.25) is 9.59 Å². The number of anilines is 1. The molecule has 2 aliphatic heterocycles. The summed E-state index contributed by atoms with van der Waals surface area (Å²) < 4.78 is 17.3. The van der Waals surface area contributed by atoms with Crippen molar-refractivity contribution in [2.45, 2.75) is 44.4 Å². The minimum Gasteiger partial charge on any atom is -0.491 e. The molecule has 0 bridgehead atoms. The molecule has 1 aromatic carbocycles. The number of carbonyl (C=O) groups excluding carboxylic acids is 2. The molecule has 1 aliphatic carbocycles. The first kappa shape index (κ1) is 23.0. The molecule has 1 aromatic rings. The van der Waals surface area contributed by atoms with Gasteiger partial charge in [0.25, 0.3) is 5.91 Å². The number of dihydropyridines is 1. The van der Waals surface area contributed by atoms with E-state index >= 15 is 0 Å². The fourth-order valence-corrected chi connectivity index (χ4v) is 3.95. The van der Waals surface area contributed by atoms with Gasteiger partial charge in [0.2, 0.25) is 5.91 Å². The number of benzene rings is 1. The van der Waals surface area contributed by atoms with Crippen LogP contribution in [-0.2, 0) is 14.3 Å². The zero-order valence-corrected chi connectivity index (χ0v) is 19.3. The van der Waals surface area contributed by atoms with Crippen molar-refractivity contribution in [1.82, 2.24) is 16.0 Å². The lowest BCUT2D eigenvalue weighted by molar-refractivity contribution is -0.123. The monoisotopic (exact) mass is 456 g/mol. The van der Waals surface area contributed by atoms with Crippen LogP contribution in [0.15, 0.2) is 41.7 Å². The Kier molecular flexibility index (Phi) is 6.78. The summed E-state index contributed by atoms with van der Waals surface area (Å²) in [5.41, 5.74) is 0.769. The first-order valence-electron chi connectivity index (χ1n) is 11.4. The van der Waals surface area contributed by atoms with Crippen LogP contribution in [0.25, 0.3) is 0 Å². The first-order chi connectivity index (χ1) is 15.9. The van der Waals surface area contributed by atoms with E-state index in [-0.39, 0.29) is 23.8 Å². The van der Waals surface area contributed by atoms with Crippen molar-refractivity contribution >= 4 is 17.5 Å². The summed E-state index contributed by atoms with van der Waals surface area (Å²) in [6, 6.07) is 5.60. The molecule has 1 unspecified atom stereocenters. The maximum Gasteiger partial charge on any atom is 0.254 e. The van der Waals surface area contributed by atoms with Gasteiger partial charge in [-0.2, -0.15) is 0 Å². The number of nitrogens with one attached hydrogen (secondary N) is 4. The Balaban J connectivity index is 1.60. The second-order valence-electron chi connectivity index (χ2n) is 8.70. The third-order valence-corrected chi connectivity index (χ3v) is 5.96. The largest absolute Gasteiger partial charge is 0.491 e. The summed E-state index contributed by atoms with van der Waals surface area (Å²) in [4.78, 5) is 25.0. The summed E-state index contributed by atoms with van der Waals surface area (Å²) in [6.45, 7) is 3.21. The summed E-state index contributed by atoms with van der Waals surface area (Å²) >= 11 is 0.